The first-order valence-corrected chi connectivity index (χ1v) is 7.23. The maximum absolute atomic E-state index is 11.8. The molecule has 0 amide bonds. The Morgan fingerprint density at radius 2 is 2.00 bits per heavy atom. The van der Waals surface area contributed by atoms with Gasteiger partial charge in [0, 0.05) is 20.3 Å². The lowest BCUT2D eigenvalue weighted by molar-refractivity contribution is -0.137. The second kappa shape index (κ2) is 8.43. The van der Waals surface area contributed by atoms with Crippen LogP contribution < -0.4 is 0 Å². The Balaban J connectivity index is 4.33. The summed E-state index contributed by atoms with van der Waals surface area (Å²) in [6.07, 6.45) is 1.74. The van der Waals surface area contributed by atoms with Gasteiger partial charge in [-0.05, 0) is 19.3 Å². The number of unbranched alkanes of at least 4 members (excludes halogenated alkanes) is 1. The van der Waals surface area contributed by atoms with Crippen molar-refractivity contribution in [1.82, 2.24) is 4.31 Å². The van der Waals surface area contributed by atoms with Crippen molar-refractivity contribution in [2.75, 3.05) is 32.6 Å². The minimum Gasteiger partial charge on any atom is -0.480 e. The molecule has 102 valence electrons. The summed E-state index contributed by atoms with van der Waals surface area (Å²) in [5.41, 5.74) is 0. The molecular weight excluding hydrogens is 246 g/mol. The Kier molecular flexibility index (Phi) is 8.11. The van der Waals surface area contributed by atoms with Gasteiger partial charge in [-0.2, -0.15) is 4.31 Å². The quantitative estimate of drug-likeness (QED) is 0.584. The number of hydrogen-bond donors (Lipinski definition) is 1. The van der Waals surface area contributed by atoms with Gasteiger partial charge < -0.3 is 9.84 Å². The van der Waals surface area contributed by atoms with E-state index in [1.807, 2.05) is 6.92 Å². The van der Waals surface area contributed by atoms with Gasteiger partial charge in [0.2, 0.25) is 10.0 Å². The Labute approximate surface area is 103 Å². The number of rotatable bonds is 10. The van der Waals surface area contributed by atoms with Crippen LogP contribution in [0.5, 0.6) is 0 Å². The fourth-order valence-corrected chi connectivity index (χ4v) is 2.97. The summed E-state index contributed by atoms with van der Waals surface area (Å²) in [6, 6.07) is 0. The van der Waals surface area contributed by atoms with Gasteiger partial charge in [0.15, 0.2) is 0 Å². The van der Waals surface area contributed by atoms with E-state index in [4.69, 9.17) is 9.84 Å². The highest BCUT2D eigenvalue weighted by Gasteiger charge is 2.22. The molecule has 0 atom stereocenters. The van der Waals surface area contributed by atoms with E-state index in [2.05, 4.69) is 0 Å². The van der Waals surface area contributed by atoms with Crippen molar-refractivity contribution in [3.05, 3.63) is 0 Å². The van der Waals surface area contributed by atoms with Gasteiger partial charge in [-0.15, -0.1) is 0 Å². The molecule has 0 unspecified atom stereocenters. The van der Waals surface area contributed by atoms with Gasteiger partial charge in [-0.1, -0.05) is 6.92 Å². The maximum atomic E-state index is 11.8. The van der Waals surface area contributed by atoms with E-state index < -0.39 is 22.5 Å². The number of aliphatic carboxylic acids is 1. The molecule has 1 N–H and O–H groups in total. The van der Waals surface area contributed by atoms with Crippen LogP contribution in [-0.4, -0.2) is 56.4 Å². The molecule has 0 aromatic carbocycles. The summed E-state index contributed by atoms with van der Waals surface area (Å²) < 4.78 is 29.5. The highest BCUT2D eigenvalue weighted by molar-refractivity contribution is 7.89. The zero-order chi connectivity index (χ0) is 13.3. The SMILES string of the molecule is CCCN(CC(=O)O)S(=O)(=O)CCCCOC. The number of nitrogens with zero attached hydrogens (tertiary/aromatic N) is 1. The summed E-state index contributed by atoms with van der Waals surface area (Å²) in [6.45, 7) is 2.12. The van der Waals surface area contributed by atoms with Gasteiger partial charge in [0.25, 0.3) is 0 Å². The summed E-state index contributed by atoms with van der Waals surface area (Å²) in [5, 5.41) is 8.66. The minimum absolute atomic E-state index is 0.0242. The number of methoxy groups -OCH3 is 1. The number of carbonyl (C=O) groups is 1. The number of carboxylic acids is 1. The highest BCUT2D eigenvalue weighted by Crippen LogP contribution is 2.06. The second-order valence-electron chi connectivity index (χ2n) is 3.74. The Morgan fingerprint density at radius 3 is 2.47 bits per heavy atom. The molecule has 17 heavy (non-hydrogen) atoms. The third kappa shape index (κ3) is 7.30. The lowest BCUT2D eigenvalue weighted by Crippen LogP contribution is -2.37. The first kappa shape index (κ1) is 16.3. The molecule has 7 heteroatoms. The van der Waals surface area contributed by atoms with Gasteiger partial charge in [0.05, 0.1) is 5.75 Å². The van der Waals surface area contributed by atoms with Crippen LogP contribution in [0.25, 0.3) is 0 Å². The van der Waals surface area contributed by atoms with Crippen molar-refractivity contribution in [2.45, 2.75) is 26.2 Å². The molecule has 0 aliphatic carbocycles. The molecule has 0 heterocycles. The topological polar surface area (TPSA) is 83.9 Å². The normalized spacial score (nSPS) is 11.9. The lowest BCUT2D eigenvalue weighted by atomic mass is 10.4. The molecule has 0 bridgehead atoms. The van der Waals surface area contributed by atoms with Gasteiger partial charge in [-0.3, -0.25) is 4.79 Å². The smallest absolute Gasteiger partial charge is 0.318 e. The molecule has 0 aliphatic rings. The van der Waals surface area contributed by atoms with E-state index in [-0.39, 0.29) is 12.3 Å². The molecular formula is C10H21NO5S. The van der Waals surface area contributed by atoms with Gasteiger partial charge >= 0.3 is 5.97 Å². The molecule has 0 spiro atoms. The van der Waals surface area contributed by atoms with Crippen molar-refractivity contribution < 1.29 is 23.1 Å². The third-order valence-electron chi connectivity index (χ3n) is 2.18. The van der Waals surface area contributed by atoms with Crippen LogP contribution in [0.3, 0.4) is 0 Å². The molecule has 0 rings (SSSR count). The standard InChI is InChI=1S/C10H21NO5S/c1-3-6-11(9-10(12)13)17(14,15)8-5-4-7-16-2/h3-9H2,1-2H3,(H,12,13). The highest BCUT2D eigenvalue weighted by atomic mass is 32.2. The van der Waals surface area contributed by atoms with Crippen molar-refractivity contribution in [1.29, 1.82) is 0 Å². The molecule has 0 aromatic rings. The lowest BCUT2D eigenvalue weighted by Gasteiger charge is -2.19. The fraction of sp³-hybridized carbons (Fsp3) is 0.900. The molecule has 0 saturated heterocycles. The van der Waals surface area contributed by atoms with Gasteiger partial charge in [-0.25, -0.2) is 8.42 Å². The molecule has 0 fully saturated rings. The minimum atomic E-state index is -3.46. The molecule has 0 aromatic heterocycles. The van der Waals surface area contributed by atoms with Gasteiger partial charge in [0.1, 0.15) is 6.54 Å². The van der Waals surface area contributed by atoms with Crippen LogP contribution in [0, 0.1) is 0 Å². The molecule has 0 aliphatic heterocycles. The van der Waals surface area contributed by atoms with Crippen LogP contribution in [-0.2, 0) is 19.6 Å². The number of carboxylic acid groups (broad SMARTS) is 1. The first-order valence-electron chi connectivity index (χ1n) is 5.62. The Bertz CT molecular complexity index is 315. The number of ether oxygens (including phenoxy) is 1. The van der Waals surface area contributed by atoms with E-state index >= 15 is 0 Å². The van der Waals surface area contributed by atoms with Crippen molar-refractivity contribution >= 4 is 16.0 Å². The largest absolute Gasteiger partial charge is 0.480 e. The van der Waals surface area contributed by atoms with E-state index in [9.17, 15) is 13.2 Å². The van der Waals surface area contributed by atoms with Crippen molar-refractivity contribution in [3.8, 4) is 0 Å². The summed E-state index contributed by atoms with van der Waals surface area (Å²) in [4.78, 5) is 10.6. The average Bonchev–Trinajstić information content (AvgIpc) is 2.23. The van der Waals surface area contributed by atoms with Crippen LogP contribution in [0.15, 0.2) is 0 Å². The van der Waals surface area contributed by atoms with Crippen molar-refractivity contribution in [2.24, 2.45) is 0 Å². The summed E-state index contributed by atoms with van der Waals surface area (Å²) in [7, 11) is -1.91. The van der Waals surface area contributed by atoms with Crippen LogP contribution in [0.2, 0.25) is 0 Å². The first-order chi connectivity index (χ1) is 7.94. The van der Waals surface area contributed by atoms with Crippen LogP contribution in [0.1, 0.15) is 26.2 Å². The Morgan fingerprint density at radius 1 is 1.35 bits per heavy atom. The van der Waals surface area contributed by atoms with E-state index in [0.29, 0.717) is 25.9 Å². The predicted molar refractivity (Wildman–Crippen MR) is 64.4 cm³/mol. The maximum Gasteiger partial charge on any atom is 0.318 e. The van der Waals surface area contributed by atoms with Crippen LogP contribution in [0.4, 0.5) is 0 Å². The second-order valence-corrected chi connectivity index (χ2v) is 5.83. The van der Waals surface area contributed by atoms with E-state index in [0.717, 1.165) is 4.31 Å². The number of hydrogen-bond acceptors (Lipinski definition) is 4. The zero-order valence-electron chi connectivity index (χ0n) is 10.4. The van der Waals surface area contributed by atoms with E-state index in [1.165, 1.54) is 0 Å². The molecule has 0 saturated carbocycles. The number of sulfonamides is 1. The van der Waals surface area contributed by atoms with Crippen molar-refractivity contribution in [3.63, 3.8) is 0 Å². The third-order valence-corrected chi connectivity index (χ3v) is 4.08. The fourth-order valence-electron chi connectivity index (χ4n) is 1.38. The average molecular weight is 267 g/mol. The Hall–Kier alpha value is -0.660. The molecule has 0 radical (unpaired) electrons. The summed E-state index contributed by atoms with van der Waals surface area (Å²) in [5.74, 6) is -1.15. The summed E-state index contributed by atoms with van der Waals surface area (Å²) >= 11 is 0. The van der Waals surface area contributed by atoms with Crippen LogP contribution >= 0.6 is 0 Å². The predicted octanol–water partition coefficient (Wildman–Crippen LogP) is 0.539. The van der Waals surface area contributed by atoms with E-state index in [1.54, 1.807) is 7.11 Å². The molecule has 6 nitrogen and oxygen atoms in total. The monoisotopic (exact) mass is 267 g/mol. The zero-order valence-corrected chi connectivity index (χ0v) is 11.2.